The molecule has 0 spiro atoms. The second-order valence-electron chi connectivity index (χ2n) is 7.83. The van der Waals surface area contributed by atoms with Crippen molar-refractivity contribution < 1.29 is 4.79 Å². The minimum Gasteiger partial charge on any atom is -0.383 e. The summed E-state index contributed by atoms with van der Waals surface area (Å²) in [5, 5.41) is 7.47. The maximum Gasteiger partial charge on any atom is 0.257 e. The molecule has 8 nitrogen and oxygen atoms in total. The summed E-state index contributed by atoms with van der Waals surface area (Å²) in [6.45, 7) is 0.514. The summed E-state index contributed by atoms with van der Waals surface area (Å²) in [7, 11) is 0. The second kappa shape index (κ2) is 9.50. The molecule has 0 aliphatic heterocycles. The van der Waals surface area contributed by atoms with E-state index in [0.717, 1.165) is 18.4 Å². The summed E-state index contributed by atoms with van der Waals surface area (Å²) in [6.07, 6.45) is 6.68. The van der Waals surface area contributed by atoms with Crippen LogP contribution in [0.1, 0.15) is 27.9 Å². The average Bonchev–Trinajstić information content (AvgIpc) is 3.15. The van der Waals surface area contributed by atoms with Crippen LogP contribution in [0.15, 0.2) is 84.2 Å². The number of aromatic nitrogens is 4. The molecule has 0 saturated heterocycles. The summed E-state index contributed by atoms with van der Waals surface area (Å²) in [5.74, 6) is -0.110. The van der Waals surface area contributed by atoms with Crippen molar-refractivity contribution in [2.24, 2.45) is 5.10 Å². The Balaban J connectivity index is 1.47. The number of pyridine rings is 1. The van der Waals surface area contributed by atoms with Gasteiger partial charge in [-0.1, -0.05) is 48.5 Å². The fraction of sp³-hybridized carbons (Fsp3) is 0.115. The van der Waals surface area contributed by atoms with Crippen LogP contribution in [0, 0.1) is 0 Å². The molecule has 2 aromatic carbocycles. The minimum atomic E-state index is -0.296. The molecule has 0 bridgehead atoms. The zero-order valence-corrected chi connectivity index (χ0v) is 18.4. The fourth-order valence-electron chi connectivity index (χ4n) is 3.79. The van der Waals surface area contributed by atoms with E-state index in [-0.39, 0.29) is 17.3 Å². The van der Waals surface area contributed by atoms with E-state index in [1.165, 1.54) is 10.2 Å². The Kier molecular flexibility index (Phi) is 5.94. The van der Waals surface area contributed by atoms with Gasteiger partial charge in [0.05, 0.1) is 17.2 Å². The number of fused-ring (bicyclic) bond motifs is 2. The number of nitrogen functional groups attached to an aromatic ring is 1. The molecule has 3 N–H and O–H groups in total. The zero-order valence-electron chi connectivity index (χ0n) is 18.4. The van der Waals surface area contributed by atoms with Crippen molar-refractivity contribution >= 4 is 40.1 Å². The first-order valence-electron chi connectivity index (χ1n) is 11.0. The van der Waals surface area contributed by atoms with Crippen molar-refractivity contribution in [1.82, 2.24) is 24.9 Å². The van der Waals surface area contributed by atoms with Crippen molar-refractivity contribution in [2.45, 2.75) is 12.8 Å². The minimum absolute atomic E-state index is 0.186. The summed E-state index contributed by atoms with van der Waals surface area (Å²) < 4.78 is 1.46. The topological polar surface area (TPSA) is 111 Å². The van der Waals surface area contributed by atoms with Crippen LogP contribution in [0.3, 0.4) is 0 Å². The molecule has 3 heterocycles. The molecule has 3 aromatic heterocycles. The van der Waals surface area contributed by atoms with E-state index in [0.29, 0.717) is 28.7 Å². The normalized spacial score (nSPS) is 11.4. The Morgan fingerprint density at radius 1 is 1.00 bits per heavy atom. The van der Waals surface area contributed by atoms with E-state index >= 15 is 0 Å². The van der Waals surface area contributed by atoms with Gasteiger partial charge >= 0.3 is 0 Å². The van der Waals surface area contributed by atoms with Gasteiger partial charge in [-0.25, -0.2) is 9.97 Å². The number of carbonyl (C=O) groups is 1. The van der Waals surface area contributed by atoms with E-state index < -0.39 is 0 Å². The largest absolute Gasteiger partial charge is 0.383 e. The van der Waals surface area contributed by atoms with Gasteiger partial charge in [0, 0.05) is 24.5 Å². The first kappa shape index (κ1) is 21.3. The van der Waals surface area contributed by atoms with Crippen LogP contribution < -0.4 is 11.1 Å². The number of rotatable bonds is 7. The highest BCUT2D eigenvalue weighted by atomic mass is 16.1. The third-order valence-electron chi connectivity index (χ3n) is 5.48. The number of nitrogens with one attached hydrogen (secondary N) is 1. The highest BCUT2D eigenvalue weighted by Gasteiger charge is 2.23. The first-order valence-corrected chi connectivity index (χ1v) is 11.0. The van der Waals surface area contributed by atoms with Gasteiger partial charge in [-0.3, -0.25) is 9.78 Å². The molecule has 168 valence electrons. The lowest BCUT2D eigenvalue weighted by Crippen LogP contribution is -2.25. The third kappa shape index (κ3) is 4.33. The smallest absolute Gasteiger partial charge is 0.257 e. The molecule has 5 rings (SSSR count). The number of aryl methyl sites for hydroxylation is 1. The monoisotopic (exact) mass is 449 g/mol. The highest BCUT2D eigenvalue weighted by Crippen LogP contribution is 2.27. The summed E-state index contributed by atoms with van der Waals surface area (Å²) in [4.78, 5) is 26.7. The number of benzene rings is 2. The van der Waals surface area contributed by atoms with Gasteiger partial charge in [0.1, 0.15) is 16.9 Å². The number of para-hydroxylation sites is 2. The maximum atomic E-state index is 13.2. The van der Waals surface area contributed by atoms with Crippen LogP contribution in [0.5, 0.6) is 0 Å². The molecule has 0 radical (unpaired) electrons. The van der Waals surface area contributed by atoms with Gasteiger partial charge in [0.15, 0.2) is 5.65 Å². The van der Waals surface area contributed by atoms with E-state index in [9.17, 15) is 4.79 Å². The quantitative estimate of drug-likeness (QED) is 0.290. The molecule has 1 amide bonds. The Bertz CT molecular complexity index is 1480. The maximum absolute atomic E-state index is 13.2. The molecule has 8 heteroatoms. The lowest BCUT2D eigenvalue weighted by Gasteiger charge is -2.06. The van der Waals surface area contributed by atoms with Gasteiger partial charge < -0.3 is 11.1 Å². The van der Waals surface area contributed by atoms with Crippen LogP contribution in [-0.2, 0) is 6.42 Å². The Morgan fingerprint density at radius 3 is 2.53 bits per heavy atom. The molecule has 0 fully saturated rings. The molecule has 34 heavy (non-hydrogen) atoms. The van der Waals surface area contributed by atoms with Crippen molar-refractivity contribution in [3.8, 4) is 0 Å². The summed E-state index contributed by atoms with van der Waals surface area (Å²) in [5.41, 5.74) is 10.9. The Labute approximate surface area is 196 Å². The second-order valence-corrected chi connectivity index (χ2v) is 7.83. The SMILES string of the molecule is Nc1c(C(=O)NCCCc2ccccc2)c2nc3ccccc3nc2n1/N=C\c1cccnc1. The van der Waals surface area contributed by atoms with Gasteiger partial charge in [-0.05, 0) is 36.6 Å². The number of anilines is 1. The van der Waals surface area contributed by atoms with Crippen molar-refractivity contribution in [3.05, 3.63) is 95.8 Å². The van der Waals surface area contributed by atoms with E-state index in [2.05, 4.69) is 27.5 Å². The van der Waals surface area contributed by atoms with Crippen molar-refractivity contribution in [2.75, 3.05) is 12.3 Å². The molecule has 0 unspecified atom stereocenters. The van der Waals surface area contributed by atoms with Crippen molar-refractivity contribution in [3.63, 3.8) is 0 Å². The third-order valence-corrected chi connectivity index (χ3v) is 5.48. The Hall–Kier alpha value is -4.59. The molecular weight excluding hydrogens is 426 g/mol. The number of hydrogen-bond acceptors (Lipinski definition) is 6. The first-order chi connectivity index (χ1) is 16.7. The lowest BCUT2D eigenvalue weighted by atomic mass is 10.1. The zero-order chi connectivity index (χ0) is 23.3. The molecular formula is C26H23N7O. The standard InChI is InChI=1S/C26H23N7O/c27-24-22(26(34)29-15-7-10-18-8-2-1-3-9-18)23-25(32-21-13-5-4-12-20(21)31-23)33(24)30-17-19-11-6-14-28-16-19/h1-6,8-9,11-14,16-17H,7,10,15,27H2,(H,29,34)/b30-17-. The van der Waals surface area contributed by atoms with Crippen LogP contribution in [-0.4, -0.2) is 38.3 Å². The average molecular weight is 450 g/mol. The predicted octanol–water partition coefficient (Wildman–Crippen LogP) is 3.81. The van der Waals surface area contributed by atoms with E-state index in [4.69, 9.17) is 15.7 Å². The Morgan fingerprint density at radius 2 is 1.76 bits per heavy atom. The summed E-state index contributed by atoms with van der Waals surface area (Å²) in [6, 6.07) is 21.4. The molecule has 0 aliphatic carbocycles. The predicted molar refractivity (Wildman–Crippen MR) is 134 cm³/mol. The van der Waals surface area contributed by atoms with Crippen LogP contribution >= 0.6 is 0 Å². The molecule has 5 aromatic rings. The molecule has 0 aliphatic rings. The van der Waals surface area contributed by atoms with Gasteiger partial charge in [-0.15, -0.1) is 0 Å². The summed E-state index contributed by atoms with van der Waals surface area (Å²) >= 11 is 0. The number of nitrogens with zero attached hydrogens (tertiary/aromatic N) is 5. The van der Waals surface area contributed by atoms with Crippen LogP contribution in [0.2, 0.25) is 0 Å². The van der Waals surface area contributed by atoms with Crippen LogP contribution in [0.25, 0.3) is 22.2 Å². The molecule has 0 atom stereocenters. The van der Waals surface area contributed by atoms with Crippen molar-refractivity contribution in [1.29, 1.82) is 0 Å². The van der Waals surface area contributed by atoms with E-state index in [1.54, 1.807) is 18.6 Å². The van der Waals surface area contributed by atoms with E-state index in [1.807, 2.05) is 54.6 Å². The van der Waals surface area contributed by atoms with Gasteiger partial charge in [0.2, 0.25) is 0 Å². The fourth-order valence-corrected chi connectivity index (χ4v) is 3.79. The number of carbonyl (C=O) groups excluding carboxylic acids is 1. The number of amides is 1. The highest BCUT2D eigenvalue weighted by molar-refractivity contribution is 6.10. The van der Waals surface area contributed by atoms with Gasteiger partial charge in [-0.2, -0.15) is 9.78 Å². The number of nitrogens with two attached hydrogens (primary N) is 1. The number of hydrogen-bond donors (Lipinski definition) is 2. The van der Waals surface area contributed by atoms with Gasteiger partial charge in [0.25, 0.3) is 5.91 Å². The molecule has 0 saturated carbocycles. The lowest BCUT2D eigenvalue weighted by molar-refractivity contribution is 0.0955. The van der Waals surface area contributed by atoms with Crippen LogP contribution in [0.4, 0.5) is 5.82 Å².